The summed E-state index contributed by atoms with van der Waals surface area (Å²) < 4.78 is 6.60. The number of methoxy groups -OCH3 is 1. The average Bonchev–Trinajstić information content (AvgIpc) is 2.67. The molecule has 0 spiro atoms. The molecule has 0 fully saturated rings. The molecular weight excluding hydrogens is 292 g/mol. The molecule has 0 aliphatic carbocycles. The number of thiazole rings is 1. The Morgan fingerprint density at radius 3 is 3.19 bits per heavy atom. The van der Waals surface area contributed by atoms with Gasteiger partial charge in [-0.05, 0) is 18.2 Å². The van der Waals surface area contributed by atoms with E-state index in [4.69, 9.17) is 0 Å². The van der Waals surface area contributed by atoms with Crippen LogP contribution >= 0.6 is 27.3 Å². The van der Waals surface area contributed by atoms with E-state index in [1.165, 1.54) is 18.4 Å². The summed E-state index contributed by atoms with van der Waals surface area (Å²) in [5, 5.41) is 3.64. The first-order chi connectivity index (χ1) is 7.69. The van der Waals surface area contributed by atoms with Crippen LogP contribution in [0.1, 0.15) is 0 Å². The van der Waals surface area contributed by atoms with Crippen molar-refractivity contribution in [2.45, 2.75) is 0 Å². The van der Waals surface area contributed by atoms with Gasteiger partial charge in [0.1, 0.15) is 6.54 Å². The van der Waals surface area contributed by atoms with Crippen LogP contribution in [0.4, 0.5) is 5.13 Å². The lowest BCUT2D eigenvalue weighted by Gasteiger charge is -1.98. The van der Waals surface area contributed by atoms with Gasteiger partial charge in [0, 0.05) is 4.47 Å². The number of aromatic nitrogens is 1. The molecule has 0 unspecified atom stereocenters. The number of anilines is 1. The van der Waals surface area contributed by atoms with Crippen LogP contribution in [0.15, 0.2) is 22.7 Å². The van der Waals surface area contributed by atoms with Crippen LogP contribution in [0.3, 0.4) is 0 Å². The summed E-state index contributed by atoms with van der Waals surface area (Å²) in [5.41, 5.74) is 0.909. The highest BCUT2D eigenvalue weighted by Gasteiger charge is 2.05. The van der Waals surface area contributed by atoms with Gasteiger partial charge >= 0.3 is 5.97 Å². The van der Waals surface area contributed by atoms with Crippen LogP contribution in [-0.2, 0) is 9.53 Å². The molecule has 84 valence electrons. The zero-order chi connectivity index (χ0) is 11.5. The highest BCUT2D eigenvalue weighted by molar-refractivity contribution is 9.10. The van der Waals surface area contributed by atoms with Crippen molar-refractivity contribution < 1.29 is 9.53 Å². The number of rotatable bonds is 3. The first kappa shape index (κ1) is 11.3. The number of hydrogen-bond donors (Lipinski definition) is 1. The van der Waals surface area contributed by atoms with E-state index < -0.39 is 0 Å². The number of nitrogens with zero attached hydrogens (tertiary/aromatic N) is 1. The predicted octanol–water partition coefficient (Wildman–Crippen LogP) is 2.64. The molecule has 4 nitrogen and oxygen atoms in total. The van der Waals surface area contributed by atoms with Crippen molar-refractivity contribution in [3.63, 3.8) is 0 Å². The van der Waals surface area contributed by atoms with Gasteiger partial charge < -0.3 is 10.1 Å². The molecular formula is C10H9BrN2O2S. The number of fused-ring (bicyclic) bond motifs is 1. The van der Waals surface area contributed by atoms with Crippen molar-refractivity contribution in [1.82, 2.24) is 4.98 Å². The summed E-state index contributed by atoms with van der Waals surface area (Å²) in [7, 11) is 1.36. The summed E-state index contributed by atoms with van der Waals surface area (Å²) in [6, 6.07) is 5.89. The summed E-state index contributed by atoms with van der Waals surface area (Å²) in [6.07, 6.45) is 0. The van der Waals surface area contributed by atoms with Gasteiger partial charge in [-0.15, -0.1) is 0 Å². The molecule has 1 heterocycles. The average molecular weight is 301 g/mol. The topological polar surface area (TPSA) is 51.2 Å². The van der Waals surface area contributed by atoms with E-state index >= 15 is 0 Å². The van der Waals surface area contributed by atoms with Gasteiger partial charge in [-0.25, -0.2) is 4.98 Å². The van der Waals surface area contributed by atoms with E-state index in [2.05, 4.69) is 31.0 Å². The Labute approximate surface area is 105 Å². The van der Waals surface area contributed by atoms with Crippen molar-refractivity contribution in [2.24, 2.45) is 0 Å². The maximum absolute atomic E-state index is 10.9. The molecule has 1 aromatic heterocycles. The smallest absolute Gasteiger partial charge is 0.325 e. The van der Waals surface area contributed by atoms with Gasteiger partial charge in [0.05, 0.1) is 17.3 Å². The molecule has 0 saturated heterocycles. The zero-order valence-electron chi connectivity index (χ0n) is 8.49. The highest BCUT2D eigenvalue weighted by Crippen LogP contribution is 2.27. The second-order valence-corrected chi connectivity index (χ2v) is 5.01. The summed E-state index contributed by atoms with van der Waals surface area (Å²) >= 11 is 4.89. The molecule has 0 bridgehead atoms. The molecule has 0 amide bonds. The van der Waals surface area contributed by atoms with Gasteiger partial charge in [0.25, 0.3) is 0 Å². The molecule has 0 aliphatic rings. The van der Waals surface area contributed by atoms with E-state index in [1.54, 1.807) is 0 Å². The number of benzene rings is 1. The minimum atomic E-state index is -0.305. The predicted molar refractivity (Wildman–Crippen MR) is 67.8 cm³/mol. The standard InChI is InChI=1S/C10H9BrN2O2S/c1-15-9(14)5-12-10-13-7-4-6(11)2-3-8(7)16-10/h2-4H,5H2,1H3,(H,12,13). The number of esters is 1. The fourth-order valence-corrected chi connectivity index (χ4v) is 2.39. The van der Waals surface area contributed by atoms with Crippen molar-refractivity contribution in [1.29, 1.82) is 0 Å². The van der Waals surface area contributed by atoms with E-state index in [9.17, 15) is 4.79 Å². The fourth-order valence-electron chi connectivity index (χ4n) is 1.20. The highest BCUT2D eigenvalue weighted by atomic mass is 79.9. The molecule has 1 N–H and O–H groups in total. The van der Waals surface area contributed by atoms with Crippen molar-refractivity contribution in [2.75, 3.05) is 19.0 Å². The maximum Gasteiger partial charge on any atom is 0.325 e. The lowest BCUT2D eigenvalue weighted by Crippen LogP contribution is -2.14. The quantitative estimate of drug-likeness (QED) is 0.886. The summed E-state index contributed by atoms with van der Waals surface area (Å²) in [5.74, 6) is -0.305. The first-order valence-electron chi connectivity index (χ1n) is 4.56. The number of carbonyl (C=O) groups is 1. The van der Waals surface area contributed by atoms with Gasteiger partial charge in [-0.1, -0.05) is 27.3 Å². The second-order valence-electron chi connectivity index (χ2n) is 3.06. The van der Waals surface area contributed by atoms with Crippen LogP contribution in [0.2, 0.25) is 0 Å². The third-order valence-electron chi connectivity index (χ3n) is 1.96. The third-order valence-corrected chi connectivity index (χ3v) is 3.45. The van der Waals surface area contributed by atoms with E-state index in [-0.39, 0.29) is 12.5 Å². The van der Waals surface area contributed by atoms with Crippen LogP contribution in [0.5, 0.6) is 0 Å². The Morgan fingerprint density at radius 1 is 1.62 bits per heavy atom. The monoisotopic (exact) mass is 300 g/mol. The van der Waals surface area contributed by atoms with Crippen LogP contribution < -0.4 is 5.32 Å². The largest absolute Gasteiger partial charge is 0.468 e. The van der Waals surface area contributed by atoms with E-state index in [0.717, 1.165) is 19.8 Å². The Hall–Kier alpha value is -1.14. The van der Waals surface area contributed by atoms with E-state index in [0.29, 0.717) is 0 Å². The Kier molecular flexibility index (Phi) is 3.40. The molecule has 0 saturated carbocycles. The third kappa shape index (κ3) is 2.51. The number of nitrogens with one attached hydrogen (secondary N) is 1. The Balaban J connectivity index is 2.16. The molecule has 0 radical (unpaired) electrons. The molecule has 0 atom stereocenters. The van der Waals surface area contributed by atoms with Gasteiger partial charge in [0.2, 0.25) is 0 Å². The molecule has 2 rings (SSSR count). The number of ether oxygens (including phenoxy) is 1. The molecule has 1 aromatic carbocycles. The lowest BCUT2D eigenvalue weighted by atomic mass is 10.3. The first-order valence-corrected chi connectivity index (χ1v) is 6.17. The zero-order valence-corrected chi connectivity index (χ0v) is 10.9. The van der Waals surface area contributed by atoms with Gasteiger partial charge in [-0.2, -0.15) is 0 Å². The second kappa shape index (κ2) is 4.80. The molecule has 6 heteroatoms. The fraction of sp³-hybridized carbons (Fsp3) is 0.200. The molecule has 0 aliphatic heterocycles. The van der Waals surface area contributed by atoms with Crippen LogP contribution in [0.25, 0.3) is 10.2 Å². The summed E-state index contributed by atoms with van der Waals surface area (Å²) in [6.45, 7) is 0.136. The Morgan fingerprint density at radius 2 is 2.44 bits per heavy atom. The maximum atomic E-state index is 10.9. The summed E-state index contributed by atoms with van der Waals surface area (Å²) in [4.78, 5) is 15.3. The SMILES string of the molecule is COC(=O)CNc1nc2cc(Br)ccc2s1. The normalized spacial score (nSPS) is 10.4. The van der Waals surface area contributed by atoms with Crippen molar-refractivity contribution >= 4 is 48.6 Å². The van der Waals surface area contributed by atoms with Gasteiger partial charge in [-0.3, -0.25) is 4.79 Å². The molecule has 16 heavy (non-hydrogen) atoms. The lowest BCUT2D eigenvalue weighted by molar-refractivity contribution is -0.138. The minimum absolute atomic E-state index is 0.136. The van der Waals surface area contributed by atoms with E-state index in [1.807, 2.05) is 18.2 Å². The Bertz CT molecular complexity index is 527. The number of carbonyl (C=O) groups excluding carboxylic acids is 1. The molecule has 2 aromatic rings. The van der Waals surface area contributed by atoms with Crippen LogP contribution in [-0.4, -0.2) is 24.6 Å². The number of hydrogen-bond acceptors (Lipinski definition) is 5. The van der Waals surface area contributed by atoms with Gasteiger partial charge in [0.15, 0.2) is 5.13 Å². The van der Waals surface area contributed by atoms with Crippen molar-refractivity contribution in [3.8, 4) is 0 Å². The number of halogens is 1. The van der Waals surface area contributed by atoms with Crippen LogP contribution in [0, 0.1) is 0 Å². The van der Waals surface area contributed by atoms with Crippen molar-refractivity contribution in [3.05, 3.63) is 22.7 Å². The minimum Gasteiger partial charge on any atom is -0.468 e.